The van der Waals surface area contributed by atoms with Gasteiger partial charge in [0.25, 0.3) is 0 Å². The summed E-state index contributed by atoms with van der Waals surface area (Å²) in [4.78, 5) is 2.28. The van der Waals surface area contributed by atoms with Gasteiger partial charge < -0.3 is 10.0 Å². The van der Waals surface area contributed by atoms with Crippen LogP contribution in [0, 0.1) is 11.8 Å². The summed E-state index contributed by atoms with van der Waals surface area (Å²) < 4.78 is 1.93. The van der Waals surface area contributed by atoms with Crippen LogP contribution in [0.25, 0.3) is 22.4 Å². The molecule has 3 atom stereocenters. The van der Waals surface area contributed by atoms with Gasteiger partial charge in [-0.1, -0.05) is 32.8 Å². The largest absolute Gasteiger partial charge is 0.507 e. The van der Waals surface area contributed by atoms with Crippen LogP contribution in [0.2, 0.25) is 0 Å². The zero-order chi connectivity index (χ0) is 23.8. The molecule has 1 N–H and O–H groups in total. The van der Waals surface area contributed by atoms with Crippen LogP contribution in [0.4, 0.5) is 5.82 Å². The molecule has 170 valence electrons. The minimum atomic E-state index is -0.0857. The van der Waals surface area contributed by atoms with Crippen molar-refractivity contribution >= 4 is 29.4 Å². The number of benzene rings is 1. The Labute approximate surface area is 200 Å². The molecule has 0 bridgehead atoms. The van der Waals surface area contributed by atoms with E-state index in [1.165, 1.54) is 25.7 Å². The van der Waals surface area contributed by atoms with E-state index in [0.29, 0.717) is 17.3 Å². The predicted octanol–water partition coefficient (Wildman–Crippen LogP) is 1.83. The Balaban J connectivity index is 1.52. The molecule has 0 unspecified atom stereocenters. The summed E-state index contributed by atoms with van der Waals surface area (Å²) in [6.07, 6.45) is 8.84. The lowest BCUT2D eigenvalue weighted by atomic mass is 9.49. The van der Waals surface area contributed by atoms with E-state index in [4.69, 9.17) is 0 Å². The van der Waals surface area contributed by atoms with E-state index in [1.807, 2.05) is 41.3 Å². The molecule has 1 saturated carbocycles. The summed E-state index contributed by atoms with van der Waals surface area (Å²) in [6, 6.07) is 10.1. The molecule has 1 fully saturated rings. The fraction of sp³-hybridized carbons (Fsp3) is 0.458. The minimum absolute atomic E-state index is 0.0857. The van der Waals surface area contributed by atoms with Gasteiger partial charge >= 0.3 is 0 Å². The van der Waals surface area contributed by atoms with Crippen LogP contribution in [0.1, 0.15) is 39.5 Å². The quantitative estimate of drug-likeness (QED) is 0.484. The third kappa shape index (κ3) is 5.28. The molecule has 0 aliphatic heterocycles. The first-order chi connectivity index (χ1) is 15.6. The molecule has 4 rings (SSSR count). The van der Waals surface area contributed by atoms with Crippen LogP contribution < -0.4 is 4.90 Å². The maximum Gasteiger partial charge on any atom is 0.151 e. The Morgan fingerprint density at radius 2 is 1.70 bits per heavy atom. The lowest BCUT2D eigenvalue weighted by Gasteiger charge is -2.30. The Bertz CT molecular complexity index is 1080. The zero-order valence-corrected chi connectivity index (χ0v) is 20.8. The highest BCUT2D eigenvalue weighted by atomic mass is 16.3. The standard InChI is InChI=1S/C24H34B3N5O/c1-15-4-5-16(2)11-19(10-15)31(3)23-9-8-21(29-30-23)20-7-6-17(12-22(20)33)18-13-28-32(14-18)24(25,26)27/h6-9,12-16,19,33H,4-5,10-11,25-27H2,1-3H3/t15-,16+,19+. The maximum atomic E-state index is 10.7. The van der Waals surface area contributed by atoms with Crippen molar-refractivity contribution in [1.29, 1.82) is 0 Å². The van der Waals surface area contributed by atoms with Gasteiger partial charge in [-0.05, 0) is 59.7 Å². The lowest BCUT2D eigenvalue weighted by molar-refractivity contribution is 0.446. The number of anilines is 1. The van der Waals surface area contributed by atoms with Gasteiger partial charge in [-0.15, -0.1) is 10.2 Å². The highest BCUT2D eigenvalue weighted by molar-refractivity contribution is 6.56. The average Bonchev–Trinajstić information content (AvgIpc) is 3.21. The number of nitrogens with zero attached hydrogens (tertiary/aromatic N) is 5. The monoisotopic (exact) mass is 441 g/mol. The molecule has 6 nitrogen and oxygen atoms in total. The summed E-state index contributed by atoms with van der Waals surface area (Å²) in [5, 5.41) is 24.1. The second-order valence-electron chi connectivity index (χ2n) is 10.9. The van der Waals surface area contributed by atoms with Gasteiger partial charge in [0.1, 0.15) is 29.3 Å². The molecule has 2 heterocycles. The van der Waals surface area contributed by atoms with Gasteiger partial charge in [-0.25, -0.2) is 0 Å². The number of hydrogen-bond donors (Lipinski definition) is 1. The minimum Gasteiger partial charge on any atom is -0.507 e. The van der Waals surface area contributed by atoms with E-state index >= 15 is 0 Å². The number of phenols is 1. The first-order valence-corrected chi connectivity index (χ1v) is 12.1. The molecule has 2 aromatic heterocycles. The van der Waals surface area contributed by atoms with E-state index in [0.717, 1.165) is 28.8 Å². The predicted molar refractivity (Wildman–Crippen MR) is 143 cm³/mol. The summed E-state index contributed by atoms with van der Waals surface area (Å²) in [7, 11) is 8.46. The van der Waals surface area contributed by atoms with E-state index in [1.54, 1.807) is 6.07 Å². The highest BCUT2D eigenvalue weighted by Gasteiger charge is 2.25. The van der Waals surface area contributed by atoms with Crippen LogP contribution in [0.15, 0.2) is 42.7 Å². The Morgan fingerprint density at radius 3 is 2.24 bits per heavy atom. The Hall–Kier alpha value is -2.70. The molecule has 0 radical (unpaired) electrons. The van der Waals surface area contributed by atoms with Crippen molar-refractivity contribution in [3.63, 3.8) is 0 Å². The summed E-state index contributed by atoms with van der Waals surface area (Å²) >= 11 is 0. The fourth-order valence-corrected chi connectivity index (χ4v) is 4.76. The van der Waals surface area contributed by atoms with Crippen LogP contribution in [0.3, 0.4) is 0 Å². The van der Waals surface area contributed by atoms with Gasteiger partial charge in [0.05, 0.1) is 11.9 Å². The van der Waals surface area contributed by atoms with Crippen molar-refractivity contribution < 1.29 is 5.11 Å². The number of phenolic OH excluding ortho intramolecular Hbond substituents is 1. The number of rotatable bonds is 5. The van der Waals surface area contributed by atoms with Gasteiger partial charge in [0, 0.05) is 30.4 Å². The zero-order valence-electron chi connectivity index (χ0n) is 20.8. The summed E-state index contributed by atoms with van der Waals surface area (Å²) in [5.41, 5.74) is 3.25. The Morgan fingerprint density at radius 1 is 1.00 bits per heavy atom. The molecule has 9 heteroatoms. The molecule has 33 heavy (non-hydrogen) atoms. The number of aromatic hydroxyl groups is 1. The summed E-state index contributed by atoms with van der Waals surface area (Å²) in [6.45, 7) is 4.71. The molecule has 0 spiro atoms. The van der Waals surface area contributed by atoms with Gasteiger partial charge in [-0.3, -0.25) is 4.68 Å². The number of aromatic nitrogens is 4. The fourth-order valence-electron chi connectivity index (χ4n) is 4.76. The molecule has 3 aromatic rings. The average molecular weight is 441 g/mol. The second-order valence-corrected chi connectivity index (χ2v) is 10.9. The molecule has 1 aliphatic rings. The molecular formula is C24H34B3N5O. The molecule has 1 aromatic carbocycles. The van der Waals surface area contributed by atoms with Gasteiger partial charge in [-0.2, -0.15) is 5.10 Å². The second kappa shape index (κ2) is 9.28. The van der Waals surface area contributed by atoms with Crippen molar-refractivity contribution in [2.75, 3.05) is 11.9 Å². The van der Waals surface area contributed by atoms with Crippen LogP contribution in [-0.4, -0.2) is 61.7 Å². The van der Waals surface area contributed by atoms with Gasteiger partial charge in [0.2, 0.25) is 0 Å². The van der Waals surface area contributed by atoms with Crippen molar-refractivity contribution in [1.82, 2.24) is 20.0 Å². The highest BCUT2D eigenvalue weighted by Crippen LogP contribution is 2.34. The molecule has 0 amide bonds. The van der Waals surface area contributed by atoms with Crippen LogP contribution in [0.5, 0.6) is 5.75 Å². The van der Waals surface area contributed by atoms with Crippen molar-refractivity contribution in [3.8, 4) is 28.1 Å². The van der Waals surface area contributed by atoms with Crippen LogP contribution >= 0.6 is 0 Å². The van der Waals surface area contributed by atoms with Crippen molar-refractivity contribution in [2.24, 2.45) is 11.8 Å². The normalized spacial score (nSPS) is 21.5. The summed E-state index contributed by atoms with van der Waals surface area (Å²) in [5.74, 6) is 2.55. The van der Waals surface area contributed by atoms with Crippen LogP contribution in [-0.2, 0) is 5.24 Å². The molecular weight excluding hydrogens is 407 g/mol. The van der Waals surface area contributed by atoms with E-state index in [-0.39, 0.29) is 11.0 Å². The van der Waals surface area contributed by atoms with Gasteiger partial charge in [0.15, 0.2) is 5.82 Å². The van der Waals surface area contributed by atoms with E-state index < -0.39 is 0 Å². The van der Waals surface area contributed by atoms with Crippen molar-refractivity contribution in [2.45, 2.75) is 50.8 Å². The first kappa shape index (κ1) is 23.5. The Kier molecular flexibility index (Phi) is 6.60. The van der Waals surface area contributed by atoms with E-state index in [2.05, 4.69) is 64.6 Å². The SMILES string of the molecule is BC(B)(B)n1cc(-c2ccc(-c3ccc(N(C)[C@H]4C[C@H](C)CC[C@H](C)C4)nn3)c(O)c2)cn1. The lowest BCUT2D eigenvalue weighted by Crippen LogP contribution is -2.35. The topological polar surface area (TPSA) is 67.1 Å². The smallest absolute Gasteiger partial charge is 0.151 e. The van der Waals surface area contributed by atoms with E-state index in [9.17, 15) is 5.11 Å². The number of hydrogen-bond acceptors (Lipinski definition) is 5. The third-order valence-electron chi connectivity index (χ3n) is 6.94. The maximum absolute atomic E-state index is 10.7. The first-order valence-electron chi connectivity index (χ1n) is 12.1. The molecule has 0 saturated heterocycles. The van der Waals surface area contributed by atoms with Crippen molar-refractivity contribution in [3.05, 3.63) is 42.7 Å². The third-order valence-corrected chi connectivity index (χ3v) is 6.94. The molecule has 1 aliphatic carbocycles.